The van der Waals surface area contributed by atoms with Gasteiger partial charge in [0.25, 0.3) is 0 Å². The Hall–Kier alpha value is -1.18. The van der Waals surface area contributed by atoms with E-state index in [1.165, 1.54) is 16.5 Å². The Morgan fingerprint density at radius 3 is 2.57 bits per heavy atom. The molecule has 0 bridgehead atoms. The molecular weight excluding hydrogens is 172 g/mol. The summed E-state index contributed by atoms with van der Waals surface area (Å²) in [4.78, 5) is 8.50. The number of hydrogen-bond acceptors (Lipinski definition) is 2. The van der Waals surface area contributed by atoms with Crippen molar-refractivity contribution in [2.75, 3.05) is 0 Å². The molecule has 2 heteroatoms. The van der Waals surface area contributed by atoms with Crippen molar-refractivity contribution in [1.82, 2.24) is 9.97 Å². The SMILES string of the molecule is C/C=c1/ncnc2c1=C(C)CC2.CC. The lowest BCUT2D eigenvalue weighted by Gasteiger charge is -1.91. The first-order chi connectivity index (χ1) is 6.83. The highest BCUT2D eigenvalue weighted by Gasteiger charge is 2.09. The van der Waals surface area contributed by atoms with E-state index in [1.807, 2.05) is 20.8 Å². The van der Waals surface area contributed by atoms with Crippen LogP contribution in [0.3, 0.4) is 0 Å². The van der Waals surface area contributed by atoms with E-state index in [-0.39, 0.29) is 0 Å². The molecule has 1 aromatic heterocycles. The lowest BCUT2D eigenvalue weighted by atomic mass is 10.2. The molecule has 0 saturated carbocycles. The Morgan fingerprint density at radius 1 is 1.21 bits per heavy atom. The largest absolute Gasteiger partial charge is 0.241 e. The maximum absolute atomic E-state index is 4.27. The van der Waals surface area contributed by atoms with Gasteiger partial charge in [-0.15, -0.1) is 0 Å². The molecular formula is C12H18N2. The zero-order chi connectivity index (χ0) is 10.6. The predicted octanol–water partition coefficient (Wildman–Crippen LogP) is 1.42. The smallest absolute Gasteiger partial charge is 0.116 e. The van der Waals surface area contributed by atoms with Crippen LogP contribution in [0.2, 0.25) is 0 Å². The first-order valence-electron chi connectivity index (χ1n) is 5.29. The first-order valence-corrected chi connectivity index (χ1v) is 5.29. The summed E-state index contributed by atoms with van der Waals surface area (Å²) in [6, 6.07) is 0. The topological polar surface area (TPSA) is 25.8 Å². The Labute approximate surface area is 85.4 Å². The van der Waals surface area contributed by atoms with Crippen molar-refractivity contribution in [3.63, 3.8) is 0 Å². The van der Waals surface area contributed by atoms with E-state index in [1.54, 1.807) is 6.33 Å². The van der Waals surface area contributed by atoms with Gasteiger partial charge in [0.15, 0.2) is 0 Å². The normalized spacial score (nSPS) is 14.9. The minimum atomic E-state index is 1.09. The van der Waals surface area contributed by atoms with E-state index in [2.05, 4.69) is 23.0 Å². The average Bonchev–Trinajstić information content (AvgIpc) is 2.64. The van der Waals surface area contributed by atoms with Crippen molar-refractivity contribution in [1.29, 1.82) is 0 Å². The van der Waals surface area contributed by atoms with Crippen molar-refractivity contribution in [2.45, 2.75) is 40.5 Å². The molecule has 0 radical (unpaired) electrons. The van der Waals surface area contributed by atoms with Crippen LogP contribution < -0.4 is 10.6 Å². The van der Waals surface area contributed by atoms with Crippen LogP contribution in [0.5, 0.6) is 0 Å². The zero-order valence-corrected chi connectivity index (χ0v) is 9.46. The summed E-state index contributed by atoms with van der Waals surface area (Å²) in [5.41, 5.74) is 2.65. The molecule has 0 amide bonds. The fourth-order valence-electron chi connectivity index (χ4n) is 1.74. The molecule has 1 heterocycles. The molecule has 0 aromatic carbocycles. The lowest BCUT2D eigenvalue weighted by molar-refractivity contribution is 0.956. The molecule has 1 aliphatic rings. The molecule has 0 saturated heterocycles. The van der Waals surface area contributed by atoms with Gasteiger partial charge >= 0.3 is 0 Å². The van der Waals surface area contributed by atoms with Gasteiger partial charge in [0.2, 0.25) is 0 Å². The zero-order valence-electron chi connectivity index (χ0n) is 9.46. The first kappa shape index (κ1) is 10.9. The molecule has 0 N–H and O–H groups in total. The summed E-state index contributed by atoms with van der Waals surface area (Å²) in [5, 5.41) is 2.38. The van der Waals surface area contributed by atoms with E-state index in [0.29, 0.717) is 0 Å². The highest BCUT2D eigenvalue weighted by Crippen LogP contribution is 2.08. The van der Waals surface area contributed by atoms with Crippen LogP contribution in [-0.4, -0.2) is 9.97 Å². The quantitative estimate of drug-likeness (QED) is 0.618. The predicted molar refractivity (Wildman–Crippen MR) is 60.2 cm³/mol. The van der Waals surface area contributed by atoms with Gasteiger partial charge in [-0.2, -0.15) is 0 Å². The highest BCUT2D eigenvalue weighted by molar-refractivity contribution is 5.48. The summed E-state index contributed by atoms with van der Waals surface area (Å²) in [7, 11) is 0. The molecule has 14 heavy (non-hydrogen) atoms. The maximum Gasteiger partial charge on any atom is 0.116 e. The number of fused-ring (bicyclic) bond motifs is 1. The number of nitrogens with zero attached hydrogens (tertiary/aromatic N) is 2. The molecule has 0 unspecified atom stereocenters. The maximum atomic E-state index is 4.27. The third-order valence-corrected chi connectivity index (χ3v) is 2.39. The third kappa shape index (κ3) is 1.84. The second-order valence-electron chi connectivity index (χ2n) is 3.15. The van der Waals surface area contributed by atoms with Gasteiger partial charge in [-0.3, -0.25) is 0 Å². The van der Waals surface area contributed by atoms with Crippen molar-refractivity contribution >= 4 is 11.6 Å². The van der Waals surface area contributed by atoms with Crippen molar-refractivity contribution in [3.8, 4) is 0 Å². The van der Waals surface area contributed by atoms with Crippen molar-refractivity contribution < 1.29 is 0 Å². The average molecular weight is 190 g/mol. The van der Waals surface area contributed by atoms with Gasteiger partial charge in [0, 0.05) is 5.22 Å². The summed E-state index contributed by atoms with van der Waals surface area (Å²) < 4.78 is 0. The molecule has 2 nitrogen and oxygen atoms in total. The van der Waals surface area contributed by atoms with E-state index in [4.69, 9.17) is 0 Å². The summed E-state index contributed by atoms with van der Waals surface area (Å²) in [6.07, 6.45) is 5.95. The van der Waals surface area contributed by atoms with E-state index in [9.17, 15) is 0 Å². The Kier molecular flexibility index (Phi) is 3.81. The van der Waals surface area contributed by atoms with Crippen LogP contribution in [0.25, 0.3) is 11.6 Å². The van der Waals surface area contributed by atoms with Crippen LogP contribution in [0.15, 0.2) is 6.33 Å². The van der Waals surface area contributed by atoms with Crippen LogP contribution in [0, 0.1) is 0 Å². The molecule has 1 aliphatic carbocycles. The number of rotatable bonds is 0. The van der Waals surface area contributed by atoms with Gasteiger partial charge in [-0.1, -0.05) is 25.5 Å². The standard InChI is InChI=1S/C10H12N2.C2H6/c1-3-8-10-7(2)4-5-9(10)12-6-11-8;1-2/h3,6H,4-5H2,1-2H3;1-2H3/b8-3+;. The van der Waals surface area contributed by atoms with E-state index < -0.39 is 0 Å². The second-order valence-corrected chi connectivity index (χ2v) is 3.15. The Balaban J connectivity index is 0.000000461. The number of aryl methyl sites for hydroxylation is 1. The fourth-order valence-corrected chi connectivity index (χ4v) is 1.74. The van der Waals surface area contributed by atoms with E-state index in [0.717, 1.165) is 18.2 Å². The molecule has 0 atom stereocenters. The van der Waals surface area contributed by atoms with Crippen LogP contribution in [0.1, 0.15) is 39.8 Å². The molecule has 0 fully saturated rings. The summed E-state index contributed by atoms with van der Waals surface area (Å²) in [5.74, 6) is 0. The van der Waals surface area contributed by atoms with E-state index >= 15 is 0 Å². The number of hydrogen-bond donors (Lipinski definition) is 0. The van der Waals surface area contributed by atoms with Gasteiger partial charge in [0.05, 0.1) is 11.0 Å². The fraction of sp³-hybridized carbons (Fsp3) is 0.500. The number of aromatic nitrogens is 2. The van der Waals surface area contributed by atoms with Gasteiger partial charge in [-0.25, -0.2) is 9.97 Å². The molecule has 76 valence electrons. The molecule has 1 aromatic rings. The summed E-state index contributed by atoms with van der Waals surface area (Å²) >= 11 is 0. The monoisotopic (exact) mass is 190 g/mol. The molecule has 0 aliphatic heterocycles. The third-order valence-electron chi connectivity index (χ3n) is 2.39. The van der Waals surface area contributed by atoms with Crippen LogP contribution in [-0.2, 0) is 6.42 Å². The van der Waals surface area contributed by atoms with Crippen LogP contribution >= 0.6 is 0 Å². The molecule has 2 rings (SSSR count). The van der Waals surface area contributed by atoms with Gasteiger partial charge < -0.3 is 0 Å². The highest BCUT2D eigenvalue weighted by atomic mass is 14.8. The molecule has 0 spiro atoms. The Morgan fingerprint density at radius 2 is 1.93 bits per heavy atom. The van der Waals surface area contributed by atoms with Crippen LogP contribution in [0.4, 0.5) is 0 Å². The Bertz CT molecular complexity index is 418. The van der Waals surface area contributed by atoms with Crippen molar-refractivity contribution in [3.05, 3.63) is 22.6 Å². The van der Waals surface area contributed by atoms with Gasteiger partial charge in [-0.05, 0) is 26.7 Å². The van der Waals surface area contributed by atoms with Crippen molar-refractivity contribution in [2.24, 2.45) is 0 Å². The minimum Gasteiger partial charge on any atom is -0.241 e. The second kappa shape index (κ2) is 4.89. The lowest BCUT2D eigenvalue weighted by Crippen LogP contribution is -2.31. The summed E-state index contributed by atoms with van der Waals surface area (Å²) in [6.45, 7) is 8.19. The minimum absolute atomic E-state index is 1.09. The van der Waals surface area contributed by atoms with Gasteiger partial charge in [0.1, 0.15) is 6.33 Å².